The maximum atomic E-state index is 10.7. The number of carboxylic acids is 4. The van der Waals surface area contributed by atoms with Gasteiger partial charge in [-0.15, -0.1) is 0 Å². The van der Waals surface area contributed by atoms with E-state index >= 15 is 0 Å². The summed E-state index contributed by atoms with van der Waals surface area (Å²) in [5, 5.41) is 43.3. The Bertz CT molecular complexity index is 306. The molecule has 0 rings (SSSR count). The van der Waals surface area contributed by atoms with E-state index in [1.165, 1.54) is 0 Å². The smallest absolute Gasteiger partial charge is 0.332 e. The van der Waals surface area contributed by atoms with Crippen LogP contribution in [0.2, 0.25) is 0 Å². The van der Waals surface area contributed by atoms with E-state index in [4.69, 9.17) is 25.5 Å². The summed E-state index contributed by atoms with van der Waals surface area (Å²) in [5.41, 5.74) is 0. The van der Waals surface area contributed by atoms with Crippen LogP contribution in [0, 0.1) is 0 Å². The molecule has 0 bridgehead atoms. The molecule has 0 unspecified atom stereocenters. The highest BCUT2D eigenvalue weighted by atomic mass is 16.4. The number of aliphatic carboxylic acids is 4. The average Bonchev–Trinajstić information content (AvgIpc) is 2.14. The molecule has 0 fully saturated rings. The van der Waals surface area contributed by atoms with Crippen molar-refractivity contribution in [3.63, 3.8) is 0 Å². The zero-order chi connectivity index (χ0) is 14.5. The topological polar surface area (TPSA) is 173 Å². The van der Waals surface area contributed by atoms with Gasteiger partial charge in [-0.3, -0.25) is 4.90 Å². The summed E-state index contributed by atoms with van der Waals surface area (Å²) < 4.78 is 0. The molecular weight excluding hydrogens is 254 g/mol. The molecular formula is C8H11NO9. The molecule has 0 saturated heterocycles. The molecule has 0 amide bonds. The number of aliphatic hydroxyl groups excluding tert-OH is 1. The van der Waals surface area contributed by atoms with Gasteiger partial charge in [0.05, 0.1) is 6.61 Å². The Morgan fingerprint density at radius 2 is 1.06 bits per heavy atom. The van der Waals surface area contributed by atoms with Gasteiger partial charge in [-0.2, -0.15) is 0 Å². The summed E-state index contributed by atoms with van der Waals surface area (Å²) in [6.07, 6.45) is 0. The third-order valence-corrected chi connectivity index (χ3v) is 1.96. The second kappa shape index (κ2) is 6.51. The van der Waals surface area contributed by atoms with Crippen LogP contribution in [0.3, 0.4) is 0 Å². The maximum Gasteiger partial charge on any atom is 0.332 e. The Hall–Kier alpha value is -2.20. The van der Waals surface area contributed by atoms with Gasteiger partial charge >= 0.3 is 23.9 Å². The fourth-order valence-corrected chi connectivity index (χ4v) is 1.30. The fourth-order valence-electron chi connectivity index (χ4n) is 1.30. The van der Waals surface area contributed by atoms with Crippen molar-refractivity contribution in [3.05, 3.63) is 0 Å². The Kier molecular flexibility index (Phi) is 5.72. The van der Waals surface area contributed by atoms with Crippen LogP contribution < -0.4 is 0 Å². The molecule has 0 heterocycles. The van der Waals surface area contributed by atoms with Crippen molar-refractivity contribution in [3.8, 4) is 0 Å². The Labute approximate surface area is 99.7 Å². The molecule has 10 nitrogen and oxygen atoms in total. The zero-order valence-electron chi connectivity index (χ0n) is 8.89. The van der Waals surface area contributed by atoms with Crippen molar-refractivity contribution in [2.24, 2.45) is 0 Å². The second-order valence-corrected chi connectivity index (χ2v) is 3.12. The first-order chi connectivity index (χ1) is 8.23. The van der Waals surface area contributed by atoms with Crippen molar-refractivity contribution < 1.29 is 44.7 Å². The number of aliphatic hydroxyl groups is 1. The predicted octanol–water partition coefficient (Wildman–Crippen LogP) is -2.64. The third-order valence-electron chi connectivity index (χ3n) is 1.96. The number of nitrogens with zero attached hydrogens (tertiary/aromatic N) is 1. The van der Waals surface area contributed by atoms with Crippen molar-refractivity contribution >= 4 is 23.9 Å². The second-order valence-electron chi connectivity index (χ2n) is 3.12. The van der Waals surface area contributed by atoms with Gasteiger partial charge in [-0.1, -0.05) is 0 Å². The third kappa shape index (κ3) is 3.68. The monoisotopic (exact) mass is 265 g/mol. The van der Waals surface area contributed by atoms with Gasteiger partial charge in [-0.25, -0.2) is 19.2 Å². The Morgan fingerprint density at radius 3 is 1.22 bits per heavy atom. The lowest BCUT2D eigenvalue weighted by atomic mass is 10.1. The quantitative estimate of drug-likeness (QED) is 0.292. The van der Waals surface area contributed by atoms with E-state index in [1.807, 2.05) is 0 Å². The van der Waals surface area contributed by atoms with Crippen molar-refractivity contribution in [1.29, 1.82) is 0 Å². The molecule has 0 aromatic heterocycles. The van der Waals surface area contributed by atoms with Crippen LogP contribution in [0.1, 0.15) is 0 Å². The van der Waals surface area contributed by atoms with Crippen LogP contribution in [0.4, 0.5) is 0 Å². The van der Waals surface area contributed by atoms with E-state index < -0.39 is 49.1 Å². The number of hydrogen-bond donors (Lipinski definition) is 5. The number of carbonyl (C=O) groups is 4. The van der Waals surface area contributed by atoms with Crippen LogP contribution in [0.5, 0.6) is 0 Å². The van der Waals surface area contributed by atoms with Crippen molar-refractivity contribution in [1.82, 2.24) is 4.90 Å². The molecule has 10 heteroatoms. The molecule has 0 atom stereocenters. The van der Waals surface area contributed by atoms with E-state index in [0.29, 0.717) is 0 Å². The summed E-state index contributed by atoms with van der Waals surface area (Å²) in [6.45, 7) is -1.53. The Morgan fingerprint density at radius 1 is 0.778 bits per heavy atom. The van der Waals surface area contributed by atoms with Crippen molar-refractivity contribution in [2.45, 2.75) is 12.1 Å². The van der Waals surface area contributed by atoms with Crippen molar-refractivity contribution in [2.75, 3.05) is 13.2 Å². The van der Waals surface area contributed by atoms with E-state index in [1.54, 1.807) is 0 Å². The highest BCUT2D eigenvalue weighted by Gasteiger charge is 2.43. The minimum absolute atomic E-state index is 0.162. The van der Waals surface area contributed by atoms with Crippen LogP contribution >= 0.6 is 0 Å². The molecule has 5 N–H and O–H groups in total. The van der Waals surface area contributed by atoms with Gasteiger partial charge in [0, 0.05) is 6.54 Å². The zero-order valence-corrected chi connectivity index (χ0v) is 8.89. The predicted molar refractivity (Wildman–Crippen MR) is 51.9 cm³/mol. The lowest BCUT2D eigenvalue weighted by Crippen LogP contribution is -2.58. The average molecular weight is 265 g/mol. The van der Waals surface area contributed by atoms with Crippen LogP contribution in [-0.2, 0) is 19.2 Å². The molecule has 0 aromatic rings. The van der Waals surface area contributed by atoms with Gasteiger partial charge < -0.3 is 25.5 Å². The highest BCUT2D eigenvalue weighted by Crippen LogP contribution is 2.08. The lowest BCUT2D eigenvalue weighted by Gasteiger charge is -2.28. The molecule has 0 aliphatic heterocycles. The van der Waals surface area contributed by atoms with E-state index in [2.05, 4.69) is 0 Å². The van der Waals surface area contributed by atoms with Gasteiger partial charge in [0.15, 0.2) is 0 Å². The van der Waals surface area contributed by atoms with Crippen LogP contribution in [0.25, 0.3) is 0 Å². The highest BCUT2D eigenvalue weighted by molar-refractivity contribution is 6.02. The summed E-state index contributed by atoms with van der Waals surface area (Å²) >= 11 is 0. The molecule has 0 aliphatic carbocycles. The molecule has 0 saturated carbocycles. The summed E-state index contributed by atoms with van der Waals surface area (Å²) in [4.78, 5) is 43.0. The Balaban J connectivity index is 5.49. The number of carboxylic acid groups (broad SMARTS) is 4. The largest absolute Gasteiger partial charge is 0.480 e. The van der Waals surface area contributed by atoms with Gasteiger partial charge in [-0.05, 0) is 0 Å². The van der Waals surface area contributed by atoms with Gasteiger partial charge in [0.1, 0.15) is 0 Å². The first-order valence-corrected chi connectivity index (χ1v) is 4.51. The van der Waals surface area contributed by atoms with Gasteiger partial charge in [0.2, 0.25) is 12.1 Å². The first kappa shape index (κ1) is 15.8. The van der Waals surface area contributed by atoms with Gasteiger partial charge in [0.25, 0.3) is 0 Å². The SMILES string of the molecule is O=C(O)C(C(=O)O)N(CCO)C(C(=O)O)C(=O)O. The normalized spacial score (nSPS) is 10.9. The molecule has 102 valence electrons. The van der Waals surface area contributed by atoms with E-state index in [0.717, 1.165) is 0 Å². The van der Waals surface area contributed by atoms with Crippen LogP contribution in [0.15, 0.2) is 0 Å². The minimum atomic E-state index is -2.38. The standard InChI is InChI=1S/C8H11NO9/c10-2-1-9(3(5(11)12)6(13)14)4(7(15)16)8(17)18/h3-4,10H,1-2H2,(H,11,12)(H,13,14)(H,15,16)(H,17,18). The maximum absolute atomic E-state index is 10.7. The van der Waals surface area contributed by atoms with E-state index in [9.17, 15) is 19.2 Å². The molecule has 18 heavy (non-hydrogen) atoms. The summed E-state index contributed by atoms with van der Waals surface area (Å²) in [5.74, 6) is -7.71. The molecule has 0 aliphatic rings. The van der Waals surface area contributed by atoms with Crippen LogP contribution in [-0.4, -0.2) is 79.5 Å². The number of rotatable bonds is 8. The first-order valence-electron chi connectivity index (χ1n) is 4.51. The fraction of sp³-hybridized carbons (Fsp3) is 0.500. The van der Waals surface area contributed by atoms with E-state index in [-0.39, 0.29) is 4.90 Å². The summed E-state index contributed by atoms with van der Waals surface area (Å²) in [7, 11) is 0. The number of hydrogen-bond acceptors (Lipinski definition) is 6. The summed E-state index contributed by atoms with van der Waals surface area (Å²) in [6, 6.07) is -4.76. The molecule has 0 aromatic carbocycles. The molecule has 0 spiro atoms. The molecule has 0 radical (unpaired) electrons. The minimum Gasteiger partial charge on any atom is -0.480 e. The lowest BCUT2D eigenvalue weighted by molar-refractivity contribution is -0.166.